The van der Waals surface area contributed by atoms with Crippen molar-refractivity contribution in [1.29, 1.82) is 0 Å². The molecule has 7 nitrogen and oxygen atoms in total. The van der Waals surface area contributed by atoms with Gasteiger partial charge in [-0.05, 0) is 50.1 Å². The Bertz CT molecular complexity index is 1050. The minimum Gasteiger partial charge on any atom is -0.357 e. The van der Waals surface area contributed by atoms with Gasteiger partial charge in [0, 0.05) is 31.2 Å². The van der Waals surface area contributed by atoms with E-state index in [2.05, 4.69) is 57.5 Å². The molecular formula is C25H34N6O. The highest BCUT2D eigenvalue weighted by atomic mass is 16.1. The molecule has 0 atom stereocenters. The summed E-state index contributed by atoms with van der Waals surface area (Å²) >= 11 is 0. The number of guanidine groups is 1. The van der Waals surface area contributed by atoms with Gasteiger partial charge in [0.1, 0.15) is 5.82 Å². The van der Waals surface area contributed by atoms with Crippen molar-refractivity contribution in [2.75, 3.05) is 18.4 Å². The molecule has 0 spiro atoms. The lowest BCUT2D eigenvalue weighted by Gasteiger charge is -2.12. The van der Waals surface area contributed by atoms with Crippen LogP contribution in [0.4, 0.5) is 5.69 Å². The van der Waals surface area contributed by atoms with E-state index in [-0.39, 0.29) is 11.8 Å². The van der Waals surface area contributed by atoms with Crippen molar-refractivity contribution in [3.8, 4) is 0 Å². The van der Waals surface area contributed by atoms with Crippen molar-refractivity contribution in [3.05, 3.63) is 59.9 Å². The molecule has 0 aliphatic carbocycles. The summed E-state index contributed by atoms with van der Waals surface area (Å²) in [7, 11) is 0. The Balaban J connectivity index is 1.51. The van der Waals surface area contributed by atoms with Crippen molar-refractivity contribution in [1.82, 2.24) is 20.2 Å². The molecule has 0 bridgehead atoms. The van der Waals surface area contributed by atoms with Crippen molar-refractivity contribution in [2.24, 2.45) is 10.9 Å². The molecule has 0 fully saturated rings. The summed E-state index contributed by atoms with van der Waals surface area (Å²) in [6.45, 7) is 11.0. The van der Waals surface area contributed by atoms with Gasteiger partial charge in [0.15, 0.2) is 5.96 Å². The highest BCUT2D eigenvalue weighted by Crippen LogP contribution is 2.15. The summed E-state index contributed by atoms with van der Waals surface area (Å²) in [5.41, 5.74) is 4.12. The SMILES string of the molecule is CCNC(=NCc1ccc(NC(=O)C(C)C)cc1)NCCCn1c(C)nc2ccccc21. The number of para-hydroxylation sites is 2. The number of benzene rings is 2. The van der Waals surface area contributed by atoms with Gasteiger partial charge in [0.2, 0.25) is 5.91 Å². The molecule has 3 N–H and O–H groups in total. The third kappa shape index (κ3) is 6.33. The Labute approximate surface area is 190 Å². The molecule has 0 unspecified atom stereocenters. The monoisotopic (exact) mass is 434 g/mol. The van der Waals surface area contributed by atoms with Gasteiger partial charge in [-0.2, -0.15) is 0 Å². The van der Waals surface area contributed by atoms with E-state index >= 15 is 0 Å². The first-order valence-electron chi connectivity index (χ1n) is 11.3. The maximum absolute atomic E-state index is 11.8. The van der Waals surface area contributed by atoms with Crippen LogP contribution in [0.3, 0.4) is 0 Å². The standard InChI is InChI=1S/C25H34N6O/c1-5-26-25(28-17-20-11-13-21(14-12-20)30-24(32)18(2)3)27-15-8-16-31-19(4)29-22-9-6-7-10-23(22)31/h6-7,9-14,18H,5,8,15-17H2,1-4H3,(H,30,32)(H2,26,27,28). The normalized spacial score (nSPS) is 11.7. The smallest absolute Gasteiger partial charge is 0.226 e. The molecule has 170 valence electrons. The van der Waals surface area contributed by atoms with Crippen LogP contribution < -0.4 is 16.0 Å². The first-order valence-corrected chi connectivity index (χ1v) is 11.3. The quantitative estimate of drug-likeness (QED) is 0.269. The lowest BCUT2D eigenvalue weighted by molar-refractivity contribution is -0.118. The number of hydrogen-bond donors (Lipinski definition) is 3. The summed E-state index contributed by atoms with van der Waals surface area (Å²) in [4.78, 5) is 21.1. The lowest BCUT2D eigenvalue weighted by Crippen LogP contribution is -2.38. The summed E-state index contributed by atoms with van der Waals surface area (Å²) in [5.74, 6) is 1.83. The summed E-state index contributed by atoms with van der Waals surface area (Å²) in [5, 5.41) is 9.63. The molecule has 0 saturated heterocycles. The van der Waals surface area contributed by atoms with Gasteiger partial charge in [-0.25, -0.2) is 9.98 Å². The molecule has 3 aromatic rings. The zero-order valence-electron chi connectivity index (χ0n) is 19.5. The lowest BCUT2D eigenvalue weighted by atomic mass is 10.2. The Morgan fingerprint density at radius 1 is 1.09 bits per heavy atom. The van der Waals surface area contributed by atoms with Gasteiger partial charge >= 0.3 is 0 Å². The summed E-state index contributed by atoms with van der Waals surface area (Å²) in [6.07, 6.45) is 0.968. The van der Waals surface area contributed by atoms with E-state index in [9.17, 15) is 4.79 Å². The maximum Gasteiger partial charge on any atom is 0.226 e. The predicted octanol–water partition coefficient (Wildman–Crippen LogP) is 4.08. The third-order valence-electron chi connectivity index (χ3n) is 5.21. The number of nitrogens with zero attached hydrogens (tertiary/aromatic N) is 3. The molecule has 0 aliphatic rings. The fourth-order valence-electron chi connectivity index (χ4n) is 3.41. The molecule has 1 aromatic heterocycles. The van der Waals surface area contributed by atoms with Crippen LogP contribution in [0.15, 0.2) is 53.5 Å². The number of carbonyl (C=O) groups is 1. The molecule has 0 aliphatic heterocycles. The Kier molecular flexibility index (Phi) is 8.25. The highest BCUT2D eigenvalue weighted by molar-refractivity contribution is 5.92. The fraction of sp³-hybridized carbons (Fsp3) is 0.400. The van der Waals surface area contributed by atoms with Gasteiger partial charge in [-0.3, -0.25) is 4.79 Å². The van der Waals surface area contributed by atoms with Crippen LogP contribution in [-0.2, 0) is 17.9 Å². The second-order valence-electron chi connectivity index (χ2n) is 8.12. The minimum atomic E-state index is -0.0376. The van der Waals surface area contributed by atoms with Crippen molar-refractivity contribution >= 4 is 28.6 Å². The number of amides is 1. The number of nitrogens with one attached hydrogen (secondary N) is 3. The van der Waals surface area contributed by atoms with Crippen LogP contribution in [0.1, 0.15) is 38.6 Å². The molecule has 0 radical (unpaired) electrons. The molecule has 3 rings (SSSR count). The van der Waals surface area contributed by atoms with Crippen LogP contribution in [0.2, 0.25) is 0 Å². The topological polar surface area (TPSA) is 83.3 Å². The highest BCUT2D eigenvalue weighted by Gasteiger charge is 2.07. The van der Waals surface area contributed by atoms with Crippen molar-refractivity contribution in [2.45, 2.75) is 47.2 Å². The number of fused-ring (bicyclic) bond motifs is 1. The number of carbonyl (C=O) groups excluding carboxylic acids is 1. The van der Waals surface area contributed by atoms with E-state index in [1.165, 1.54) is 5.52 Å². The first-order chi connectivity index (χ1) is 15.5. The van der Waals surface area contributed by atoms with Crippen molar-refractivity contribution in [3.63, 3.8) is 0 Å². The van der Waals surface area contributed by atoms with Crippen LogP contribution in [0.5, 0.6) is 0 Å². The van der Waals surface area contributed by atoms with E-state index in [0.29, 0.717) is 6.54 Å². The van der Waals surface area contributed by atoms with Gasteiger partial charge in [-0.1, -0.05) is 38.1 Å². The average molecular weight is 435 g/mol. The third-order valence-corrected chi connectivity index (χ3v) is 5.21. The second kappa shape index (κ2) is 11.3. The number of rotatable bonds is 9. The number of aliphatic imine (C=N–C) groups is 1. The van der Waals surface area contributed by atoms with E-state index in [0.717, 1.165) is 54.6 Å². The second-order valence-corrected chi connectivity index (χ2v) is 8.12. The number of aromatic nitrogens is 2. The molecule has 2 aromatic carbocycles. The van der Waals surface area contributed by atoms with Gasteiger partial charge < -0.3 is 20.5 Å². The van der Waals surface area contributed by atoms with Gasteiger partial charge in [-0.15, -0.1) is 0 Å². The molecule has 7 heteroatoms. The first kappa shape index (κ1) is 23.3. The van der Waals surface area contributed by atoms with Crippen LogP contribution in [0, 0.1) is 12.8 Å². The number of aryl methyl sites for hydroxylation is 2. The number of hydrogen-bond acceptors (Lipinski definition) is 3. The fourth-order valence-corrected chi connectivity index (χ4v) is 3.41. The molecule has 0 saturated carbocycles. The number of imidazole rings is 1. The molecular weight excluding hydrogens is 400 g/mol. The molecule has 1 heterocycles. The van der Waals surface area contributed by atoms with E-state index in [4.69, 9.17) is 4.99 Å². The van der Waals surface area contributed by atoms with Crippen LogP contribution >= 0.6 is 0 Å². The largest absolute Gasteiger partial charge is 0.357 e. The molecule has 32 heavy (non-hydrogen) atoms. The predicted molar refractivity (Wildman–Crippen MR) is 132 cm³/mol. The van der Waals surface area contributed by atoms with E-state index in [1.54, 1.807) is 0 Å². The van der Waals surface area contributed by atoms with Gasteiger partial charge in [0.05, 0.1) is 17.6 Å². The zero-order valence-corrected chi connectivity index (χ0v) is 19.5. The molecule has 1 amide bonds. The minimum absolute atomic E-state index is 0.0216. The van der Waals surface area contributed by atoms with E-state index < -0.39 is 0 Å². The van der Waals surface area contributed by atoms with Crippen molar-refractivity contribution < 1.29 is 4.79 Å². The Hall–Kier alpha value is -3.35. The van der Waals surface area contributed by atoms with Gasteiger partial charge in [0.25, 0.3) is 0 Å². The zero-order chi connectivity index (χ0) is 22.9. The average Bonchev–Trinajstić information content (AvgIpc) is 3.10. The van der Waals surface area contributed by atoms with Crippen LogP contribution in [-0.4, -0.2) is 34.5 Å². The summed E-state index contributed by atoms with van der Waals surface area (Å²) < 4.78 is 2.26. The Morgan fingerprint density at radius 2 is 1.84 bits per heavy atom. The van der Waals surface area contributed by atoms with Crippen LogP contribution in [0.25, 0.3) is 11.0 Å². The summed E-state index contributed by atoms with van der Waals surface area (Å²) in [6, 6.07) is 16.1. The Morgan fingerprint density at radius 3 is 2.56 bits per heavy atom. The van der Waals surface area contributed by atoms with E-state index in [1.807, 2.05) is 44.2 Å². The maximum atomic E-state index is 11.8. The number of anilines is 1.